The van der Waals surface area contributed by atoms with Gasteiger partial charge in [0.2, 0.25) is 5.96 Å². The Morgan fingerprint density at radius 1 is 1.11 bits per heavy atom. The second kappa shape index (κ2) is 13.8. The minimum absolute atomic E-state index is 0.00686. The van der Waals surface area contributed by atoms with Crippen molar-refractivity contribution in [1.29, 1.82) is 5.41 Å². The van der Waals surface area contributed by atoms with E-state index >= 15 is 0 Å². The van der Waals surface area contributed by atoms with E-state index in [2.05, 4.69) is 20.3 Å². The Labute approximate surface area is 268 Å². The lowest BCUT2D eigenvalue weighted by atomic mass is 9.88. The van der Waals surface area contributed by atoms with Crippen molar-refractivity contribution in [2.45, 2.75) is 83.3 Å². The number of benzene rings is 2. The van der Waals surface area contributed by atoms with Crippen molar-refractivity contribution in [3.63, 3.8) is 0 Å². The number of hydrogen-bond acceptors (Lipinski definition) is 7. The van der Waals surface area contributed by atoms with Gasteiger partial charge < -0.3 is 25.5 Å². The zero-order valence-electron chi connectivity index (χ0n) is 26.7. The largest absolute Gasteiger partial charge is 0.487 e. The van der Waals surface area contributed by atoms with E-state index in [1.165, 1.54) is 12.3 Å². The molecule has 46 heavy (non-hydrogen) atoms. The number of hydrogen-bond donors (Lipinski definition) is 6. The van der Waals surface area contributed by atoms with Crippen LogP contribution in [0.3, 0.4) is 0 Å². The summed E-state index contributed by atoms with van der Waals surface area (Å²) in [6.07, 6.45) is 3.17. The average Bonchev–Trinajstić information content (AvgIpc) is 2.98. The molecule has 1 amide bonds. The maximum Gasteiger partial charge on any atom is 0.326 e. The van der Waals surface area contributed by atoms with Crippen LogP contribution in [0.5, 0.6) is 5.75 Å². The number of carbonyl (C=O) groups excluding carboxylic acids is 1. The lowest BCUT2D eigenvalue weighted by molar-refractivity contribution is -0.139. The summed E-state index contributed by atoms with van der Waals surface area (Å²) in [6, 6.07) is 9.46. The molecule has 6 N–H and O–H groups in total. The molecular weight excluding hydrogens is 610 g/mol. The number of ether oxygens (including phenoxy) is 1. The van der Waals surface area contributed by atoms with Gasteiger partial charge in [0.05, 0.1) is 10.5 Å². The molecule has 1 aliphatic rings. The van der Waals surface area contributed by atoms with E-state index in [1.54, 1.807) is 13.8 Å². The Bertz CT molecular complexity index is 1820. The third-order valence-corrected chi connectivity index (χ3v) is 9.85. The number of guanidine groups is 1. The van der Waals surface area contributed by atoms with Crippen LogP contribution < -0.4 is 25.7 Å². The van der Waals surface area contributed by atoms with Crippen LogP contribution in [0, 0.1) is 26.2 Å². The summed E-state index contributed by atoms with van der Waals surface area (Å²) in [4.78, 5) is 39.7. The molecule has 1 aliphatic heterocycles. The summed E-state index contributed by atoms with van der Waals surface area (Å²) in [7, 11) is -4.11. The summed E-state index contributed by atoms with van der Waals surface area (Å²) in [5.74, 6) is -1.65. The second-order valence-electron chi connectivity index (χ2n) is 12.2. The molecule has 0 saturated heterocycles. The van der Waals surface area contributed by atoms with Crippen molar-refractivity contribution in [2.24, 2.45) is 0 Å². The Balaban J connectivity index is 1.34. The molecule has 1 atom stereocenters. The van der Waals surface area contributed by atoms with E-state index in [-0.39, 0.29) is 41.0 Å². The Hall–Kier alpha value is -4.65. The van der Waals surface area contributed by atoms with Gasteiger partial charge in [-0.15, -0.1) is 0 Å². The highest BCUT2D eigenvalue weighted by molar-refractivity contribution is 7.90. The van der Waals surface area contributed by atoms with E-state index < -0.39 is 33.9 Å². The highest BCUT2D eigenvalue weighted by Crippen LogP contribution is 2.42. The molecule has 246 valence electrons. The molecule has 0 fully saturated rings. The van der Waals surface area contributed by atoms with Gasteiger partial charge in [0.25, 0.3) is 21.5 Å². The molecule has 13 heteroatoms. The van der Waals surface area contributed by atoms with Gasteiger partial charge in [-0.05, 0) is 94.2 Å². The number of aromatic amines is 1. The van der Waals surface area contributed by atoms with E-state index in [0.717, 1.165) is 23.1 Å². The summed E-state index contributed by atoms with van der Waals surface area (Å²) in [6.45, 7) is 9.37. The van der Waals surface area contributed by atoms with Crippen LogP contribution in [0.25, 0.3) is 0 Å². The van der Waals surface area contributed by atoms with Gasteiger partial charge in [0.1, 0.15) is 17.4 Å². The van der Waals surface area contributed by atoms with Crippen LogP contribution >= 0.6 is 0 Å². The first-order valence-corrected chi connectivity index (χ1v) is 16.5. The number of carboxylic acid groups (broad SMARTS) is 1. The number of pyridine rings is 1. The van der Waals surface area contributed by atoms with Crippen molar-refractivity contribution in [1.82, 2.24) is 20.3 Å². The molecule has 0 aliphatic carbocycles. The lowest BCUT2D eigenvalue weighted by Gasteiger charge is -2.35. The van der Waals surface area contributed by atoms with Crippen LogP contribution in [-0.2, 0) is 27.7 Å². The highest BCUT2D eigenvalue weighted by Gasteiger charge is 2.33. The van der Waals surface area contributed by atoms with Gasteiger partial charge in [-0.1, -0.05) is 30.3 Å². The molecular formula is C33H41N5O7S. The monoisotopic (exact) mass is 651 g/mol. The summed E-state index contributed by atoms with van der Waals surface area (Å²) >= 11 is 0. The zero-order valence-corrected chi connectivity index (χ0v) is 27.5. The third-order valence-electron chi connectivity index (χ3n) is 8.23. The standard InChI is InChI=1S/C33H41N5O7S/c1-19-20(2)28(21(3)25-13-14-33(4,5)45-27(19)25)46(43,44)38-32(34)35-15-9-12-26(31(41)42)37-30(40)24-17-23(29(39)36-18-24)16-22-10-7-6-8-11-22/h6-8,10-11,17-18,26H,9,12-16H2,1-5H3,(H,36,39)(H,37,40)(H,41,42)(H3,34,35,38)/t26-/m0/s1. The van der Waals surface area contributed by atoms with Crippen molar-refractivity contribution >= 4 is 27.9 Å². The van der Waals surface area contributed by atoms with Gasteiger partial charge in [0.15, 0.2) is 0 Å². The van der Waals surface area contributed by atoms with E-state index in [4.69, 9.17) is 10.1 Å². The predicted molar refractivity (Wildman–Crippen MR) is 174 cm³/mol. The van der Waals surface area contributed by atoms with Crippen molar-refractivity contribution < 1.29 is 27.9 Å². The Morgan fingerprint density at radius 2 is 1.80 bits per heavy atom. The summed E-state index contributed by atoms with van der Waals surface area (Å²) < 4.78 is 35.3. The number of fused-ring (bicyclic) bond motifs is 1. The molecule has 12 nitrogen and oxygen atoms in total. The van der Waals surface area contributed by atoms with Crippen LogP contribution in [0.4, 0.5) is 0 Å². The molecule has 0 saturated carbocycles. The van der Waals surface area contributed by atoms with E-state index in [1.807, 2.05) is 51.1 Å². The van der Waals surface area contributed by atoms with Gasteiger partial charge in [0, 0.05) is 24.7 Å². The van der Waals surface area contributed by atoms with Gasteiger partial charge in [-0.3, -0.25) is 15.0 Å². The van der Waals surface area contributed by atoms with Crippen molar-refractivity contribution in [3.05, 3.63) is 91.9 Å². The minimum Gasteiger partial charge on any atom is -0.487 e. The quantitative estimate of drug-likeness (QED) is 0.103. The summed E-state index contributed by atoms with van der Waals surface area (Å²) in [5, 5.41) is 23.1. The fraction of sp³-hybridized carbons (Fsp3) is 0.394. The van der Waals surface area contributed by atoms with Crippen LogP contribution in [0.15, 0.2) is 52.3 Å². The molecule has 1 aromatic heterocycles. The lowest BCUT2D eigenvalue weighted by Crippen LogP contribution is -2.43. The maximum absolute atomic E-state index is 13.4. The van der Waals surface area contributed by atoms with E-state index in [9.17, 15) is 27.9 Å². The van der Waals surface area contributed by atoms with Gasteiger partial charge in [-0.2, -0.15) is 0 Å². The molecule has 0 bridgehead atoms. The average molecular weight is 652 g/mol. The van der Waals surface area contributed by atoms with E-state index in [0.29, 0.717) is 35.3 Å². The molecule has 2 heterocycles. The number of carboxylic acids is 1. The van der Waals surface area contributed by atoms with Crippen molar-refractivity contribution in [2.75, 3.05) is 6.54 Å². The van der Waals surface area contributed by atoms with Gasteiger partial charge >= 0.3 is 5.97 Å². The normalized spacial score (nSPS) is 14.4. The zero-order chi connectivity index (χ0) is 33.8. The number of H-pyrrole nitrogens is 1. The molecule has 0 spiro atoms. The van der Waals surface area contributed by atoms with Gasteiger partial charge in [-0.25, -0.2) is 17.9 Å². The summed E-state index contributed by atoms with van der Waals surface area (Å²) in [5.41, 5.74) is 3.39. The van der Waals surface area contributed by atoms with Crippen LogP contribution in [0.1, 0.15) is 76.8 Å². The number of rotatable bonds is 11. The van der Waals surface area contributed by atoms with Crippen LogP contribution in [-0.4, -0.2) is 54.5 Å². The number of aliphatic carboxylic acids is 1. The fourth-order valence-electron chi connectivity index (χ4n) is 5.60. The smallest absolute Gasteiger partial charge is 0.326 e. The molecule has 2 aromatic carbocycles. The third kappa shape index (κ3) is 7.94. The molecule has 0 unspecified atom stereocenters. The Kier molecular flexibility index (Phi) is 10.2. The molecule has 3 aromatic rings. The van der Waals surface area contributed by atoms with Crippen molar-refractivity contribution in [3.8, 4) is 5.75 Å². The first-order chi connectivity index (χ1) is 21.6. The minimum atomic E-state index is -4.11. The maximum atomic E-state index is 13.4. The fourth-order valence-corrected chi connectivity index (χ4v) is 7.13. The number of amides is 1. The topological polar surface area (TPSA) is 191 Å². The first kappa shape index (κ1) is 34.2. The number of carbonyl (C=O) groups is 2. The Morgan fingerprint density at radius 3 is 2.48 bits per heavy atom. The predicted octanol–water partition coefficient (Wildman–Crippen LogP) is 3.46. The van der Waals surface area contributed by atoms with Crippen LogP contribution in [0.2, 0.25) is 0 Å². The first-order valence-electron chi connectivity index (χ1n) is 15.1. The SMILES string of the molecule is Cc1c(C)c(S(=O)(=O)NC(=N)NCCC[C@H](NC(=O)c2c[nH]c(=O)c(Cc3ccccc3)c2)C(=O)O)c(C)c2c1OC(C)(C)CC2. The molecule has 0 radical (unpaired) electrons. The number of sulfonamides is 1. The second-order valence-corrected chi connectivity index (χ2v) is 13.8. The highest BCUT2D eigenvalue weighted by atomic mass is 32.2. The molecule has 4 rings (SSSR count). The number of nitrogens with one attached hydrogen (secondary N) is 5. The number of aromatic nitrogens is 1.